The Balaban J connectivity index is 0.00000162. The van der Waals surface area contributed by atoms with Gasteiger partial charge in [0.2, 0.25) is 0 Å². The predicted octanol–water partition coefficient (Wildman–Crippen LogP) is 2.85. The number of aromatic nitrogens is 1. The summed E-state index contributed by atoms with van der Waals surface area (Å²) in [6.45, 7) is 5.47. The van der Waals surface area contributed by atoms with Gasteiger partial charge in [-0.15, -0.1) is 12.4 Å². The monoisotopic (exact) mass is 269 g/mol. The molecule has 102 valence electrons. The summed E-state index contributed by atoms with van der Waals surface area (Å²) in [5.74, 6) is 1.78. The first-order valence-electron chi connectivity index (χ1n) is 6.65. The van der Waals surface area contributed by atoms with Gasteiger partial charge in [-0.25, -0.2) is 4.98 Å². The number of hydrogen-bond donors (Lipinski definition) is 1. The summed E-state index contributed by atoms with van der Waals surface area (Å²) in [5.41, 5.74) is 6.03. The quantitative estimate of drug-likeness (QED) is 0.918. The standard InChI is InChI=1S/C14H23N3.ClH/c1-3-13-10-12(11(2)15)7-9-17(13)14-6-4-5-8-16-14;/h4-6,8,11-13H,3,7,9-10,15H2,1-2H3;1H. The fraction of sp³-hybridized carbons (Fsp3) is 0.643. The van der Waals surface area contributed by atoms with Crippen molar-refractivity contribution in [3.8, 4) is 0 Å². The highest BCUT2D eigenvalue weighted by molar-refractivity contribution is 5.85. The van der Waals surface area contributed by atoms with Crippen LogP contribution in [0.3, 0.4) is 0 Å². The average Bonchev–Trinajstić information content (AvgIpc) is 2.39. The van der Waals surface area contributed by atoms with Crippen LogP contribution in [0.4, 0.5) is 5.82 Å². The molecule has 0 aromatic carbocycles. The number of halogens is 1. The van der Waals surface area contributed by atoms with Gasteiger partial charge in [0.1, 0.15) is 5.82 Å². The molecule has 0 radical (unpaired) electrons. The van der Waals surface area contributed by atoms with Crippen molar-refractivity contribution >= 4 is 18.2 Å². The molecule has 0 aliphatic carbocycles. The topological polar surface area (TPSA) is 42.1 Å². The zero-order valence-corrected chi connectivity index (χ0v) is 12.1. The predicted molar refractivity (Wildman–Crippen MR) is 79.3 cm³/mol. The molecule has 3 atom stereocenters. The van der Waals surface area contributed by atoms with Crippen LogP contribution in [0.1, 0.15) is 33.1 Å². The third-order valence-electron chi connectivity index (χ3n) is 3.91. The number of nitrogens with zero attached hydrogens (tertiary/aromatic N) is 2. The molecule has 2 N–H and O–H groups in total. The zero-order chi connectivity index (χ0) is 12.3. The second-order valence-corrected chi connectivity index (χ2v) is 5.09. The van der Waals surface area contributed by atoms with Gasteiger partial charge in [-0.3, -0.25) is 0 Å². The van der Waals surface area contributed by atoms with Crippen molar-refractivity contribution in [1.29, 1.82) is 0 Å². The smallest absolute Gasteiger partial charge is 0.128 e. The fourth-order valence-corrected chi connectivity index (χ4v) is 2.77. The van der Waals surface area contributed by atoms with Crippen LogP contribution in [-0.2, 0) is 0 Å². The maximum atomic E-state index is 6.03. The first kappa shape index (κ1) is 15.3. The van der Waals surface area contributed by atoms with E-state index in [-0.39, 0.29) is 12.4 Å². The summed E-state index contributed by atoms with van der Waals surface area (Å²) >= 11 is 0. The number of piperidine rings is 1. The SMILES string of the molecule is CCC1CC(C(C)N)CCN1c1ccccn1.Cl. The summed E-state index contributed by atoms with van der Waals surface area (Å²) < 4.78 is 0. The number of hydrogen-bond acceptors (Lipinski definition) is 3. The van der Waals surface area contributed by atoms with Crippen molar-refractivity contribution in [3.05, 3.63) is 24.4 Å². The van der Waals surface area contributed by atoms with E-state index in [4.69, 9.17) is 5.73 Å². The van der Waals surface area contributed by atoms with Crippen molar-refractivity contribution in [2.75, 3.05) is 11.4 Å². The van der Waals surface area contributed by atoms with Gasteiger partial charge in [-0.1, -0.05) is 13.0 Å². The highest BCUT2D eigenvalue weighted by atomic mass is 35.5. The minimum atomic E-state index is 0. The lowest BCUT2D eigenvalue weighted by molar-refractivity contribution is 0.298. The Morgan fingerprint density at radius 3 is 2.83 bits per heavy atom. The van der Waals surface area contributed by atoms with Gasteiger partial charge in [0.05, 0.1) is 0 Å². The van der Waals surface area contributed by atoms with Gasteiger partial charge < -0.3 is 10.6 Å². The minimum Gasteiger partial charge on any atom is -0.354 e. The molecular formula is C14H24ClN3. The molecule has 0 spiro atoms. The molecular weight excluding hydrogens is 246 g/mol. The van der Waals surface area contributed by atoms with Crippen molar-refractivity contribution in [1.82, 2.24) is 4.98 Å². The normalized spacial score (nSPS) is 25.4. The Bertz CT molecular complexity index is 342. The molecule has 3 nitrogen and oxygen atoms in total. The summed E-state index contributed by atoms with van der Waals surface area (Å²) in [6, 6.07) is 7.05. The minimum absolute atomic E-state index is 0. The fourth-order valence-electron chi connectivity index (χ4n) is 2.77. The number of anilines is 1. The Morgan fingerprint density at radius 2 is 2.28 bits per heavy atom. The van der Waals surface area contributed by atoms with Gasteiger partial charge in [-0.05, 0) is 44.2 Å². The molecule has 0 bridgehead atoms. The lowest BCUT2D eigenvalue weighted by atomic mass is 9.85. The first-order valence-corrected chi connectivity index (χ1v) is 6.65. The molecule has 4 heteroatoms. The molecule has 1 aliphatic heterocycles. The molecule has 0 amide bonds. The van der Waals surface area contributed by atoms with Crippen LogP contribution in [0.5, 0.6) is 0 Å². The van der Waals surface area contributed by atoms with Crippen LogP contribution in [0.25, 0.3) is 0 Å². The van der Waals surface area contributed by atoms with Crippen LogP contribution in [-0.4, -0.2) is 23.6 Å². The lowest BCUT2D eigenvalue weighted by Crippen LogP contribution is -2.46. The molecule has 1 saturated heterocycles. The summed E-state index contributed by atoms with van der Waals surface area (Å²) in [7, 11) is 0. The molecule has 1 fully saturated rings. The van der Waals surface area contributed by atoms with Gasteiger partial charge >= 0.3 is 0 Å². The molecule has 1 aromatic rings. The van der Waals surface area contributed by atoms with Crippen molar-refractivity contribution in [3.63, 3.8) is 0 Å². The lowest BCUT2D eigenvalue weighted by Gasteiger charge is -2.41. The number of pyridine rings is 1. The van der Waals surface area contributed by atoms with Gasteiger partial charge in [0.25, 0.3) is 0 Å². The Morgan fingerprint density at radius 1 is 1.50 bits per heavy atom. The molecule has 18 heavy (non-hydrogen) atoms. The van der Waals surface area contributed by atoms with E-state index in [1.54, 1.807) is 0 Å². The molecule has 2 rings (SSSR count). The van der Waals surface area contributed by atoms with Gasteiger partial charge in [0, 0.05) is 24.8 Å². The molecule has 1 aliphatic rings. The van der Waals surface area contributed by atoms with Crippen LogP contribution >= 0.6 is 12.4 Å². The number of rotatable bonds is 3. The average molecular weight is 270 g/mol. The van der Waals surface area contributed by atoms with Crippen molar-refractivity contribution in [2.24, 2.45) is 11.7 Å². The van der Waals surface area contributed by atoms with Crippen molar-refractivity contribution in [2.45, 2.75) is 45.2 Å². The molecule has 1 aromatic heterocycles. The van der Waals surface area contributed by atoms with Crippen LogP contribution < -0.4 is 10.6 Å². The Hall–Kier alpha value is -0.800. The van der Waals surface area contributed by atoms with E-state index in [1.807, 2.05) is 12.3 Å². The maximum Gasteiger partial charge on any atom is 0.128 e. The Labute approximate surface area is 116 Å². The summed E-state index contributed by atoms with van der Waals surface area (Å²) in [4.78, 5) is 6.91. The third-order valence-corrected chi connectivity index (χ3v) is 3.91. The van der Waals surface area contributed by atoms with Crippen LogP contribution in [0.2, 0.25) is 0 Å². The van der Waals surface area contributed by atoms with Gasteiger partial charge in [-0.2, -0.15) is 0 Å². The second-order valence-electron chi connectivity index (χ2n) is 5.09. The largest absolute Gasteiger partial charge is 0.354 e. The van der Waals surface area contributed by atoms with E-state index < -0.39 is 0 Å². The van der Waals surface area contributed by atoms with Gasteiger partial charge in [0.15, 0.2) is 0 Å². The van der Waals surface area contributed by atoms with E-state index in [0.717, 1.165) is 12.4 Å². The molecule has 2 heterocycles. The van der Waals surface area contributed by atoms with E-state index in [1.165, 1.54) is 19.3 Å². The van der Waals surface area contributed by atoms with Crippen LogP contribution in [0, 0.1) is 5.92 Å². The Kier molecular flexibility index (Phi) is 5.89. The van der Waals surface area contributed by atoms with Crippen molar-refractivity contribution < 1.29 is 0 Å². The van der Waals surface area contributed by atoms with E-state index in [9.17, 15) is 0 Å². The van der Waals surface area contributed by atoms with E-state index in [2.05, 4.69) is 35.9 Å². The summed E-state index contributed by atoms with van der Waals surface area (Å²) in [6.07, 6.45) is 5.43. The maximum absolute atomic E-state index is 6.03. The molecule has 0 saturated carbocycles. The van der Waals surface area contributed by atoms with E-state index >= 15 is 0 Å². The number of nitrogens with two attached hydrogens (primary N) is 1. The first-order chi connectivity index (χ1) is 8.22. The van der Waals surface area contributed by atoms with E-state index in [0.29, 0.717) is 18.0 Å². The zero-order valence-electron chi connectivity index (χ0n) is 11.2. The molecule has 3 unspecified atom stereocenters. The third kappa shape index (κ3) is 3.36. The van der Waals surface area contributed by atoms with Crippen LogP contribution in [0.15, 0.2) is 24.4 Å². The second kappa shape index (κ2) is 6.95. The summed E-state index contributed by atoms with van der Waals surface area (Å²) in [5, 5.41) is 0. The highest BCUT2D eigenvalue weighted by Gasteiger charge is 2.29. The highest BCUT2D eigenvalue weighted by Crippen LogP contribution is 2.29.